The summed E-state index contributed by atoms with van der Waals surface area (Å²) in [6, 6.07) is 12.6. The summed E-state index contributed by atoms with van der Waals surface area (Å²) >= 11 is 0. The van der Waals surface area contributed by atoms with Gasteiger partial charge in [0.25, 0.3) is 0 Å². The number of imidazole rings is 1. The molecule has 1 atom stereocenters. The number of ether oxygens (including phenoxy) is 1. The molecule has 3 rings (SSSR count). The second-order valence-corrected chi connectivity index (χ2v) is 8.18. The zero-order valence-corrected chi connectivity index (χ0v) is 19.1. The van der Waals surface area contributed by atoms with E-state index in [1.807, 2.05) is 0 Å². The number of rotatable bonds is 12. The first-order valence-electron chi connectivity index (χ1n) is 11.6. The van der Waals surface area contributed by atoms with Gasteiger partial charge in [-0.2, -0.15) is 0 Å². The van der Waals surface area contributed by atoms with Gasteiger partial charge in [-0.05, 0) is 49.9 Å². The van der Waals surface area contributed by atoms with E-state index in [0.29, 0.717) is 0 Å². The molecule has 1 aromatic carbocycles. The number of fused-ring (bicyclic) bond motifs is 1. The van der Waals surface area contributed by atoms with Gasteiger partial charge >= 0.3 is 0 Å². The number of unbranched alkanes of at least 4 members (excludes halogenated alkanes) is 2. The van der Waals surface area contributed by atoms with Gasteiger partial charge in [0, 0.05) is 31.0 Å². The molecule has 0 aliphatic heterocycles. The highest BCUT2D eigenvalue weighted by atomic mass is 16.5. The van der Waals surface area contributed by atoms with E-state index in [0.717, 1.165) is 48.6 Å². The zero-order chi connectivity index (χ0) is 21.3. The van der Waals surface area contributed by atoms with Crippen molar-refractivity contribution < 1.29 is 4.74 Å². The average molecular weight is 408 g/mol. The smallest absolute Gasteiger partial charge is 0.152 e. The molecule has 0 saturated carbocycles. The van der Waals surface area contributed by atoms with Crippen LogP contribution in [0.5, 0.6) is 5.75 Å². The average Bonchev–Trinajstić information content (AvgIpc) is 3.20. The van der Waals surface area contributed by atoms with Crippen molar-refractivity contribution in [2.45, 2.75) is 72.4 Å². The largest absolute Gasteiger partial charge is 0.475 e. The summed E-state index contributed by atoms with van der Waals surface area (Å²) in [5.41, 5.74) is 4.27. The first-order valence-corrected chi connectivity index (χ1v) is 11.6. The Hall–Kier alpha value is -2.33. The summed E-state index contributed by atoms with van der Waals surface area (Å²) in [5, 5.41) is 0. The molecule has 0 amide bonds. The highest BCUT2D eigenvalue weighted by molar-refractivity contribution is 5.65. The standard InChI is InChI=1S/C26H37N3O/c1-5-8-16-28(17-9-6-2)25(12-7-3)30-23-15-10-14-22(19-23)24-20-29-18-11-13-21(4)26(29)27-24/h10-11,13-15,18-20,25H,5-9,12,16-17H2,1-4H3. The lowest BCUT2D eigenvalue weighted by molar-refractivity contribution is 0.0161. The summed E-state index contributed by atoms with van der Waals surface area (Å²) in [6.07, 6.45) is 11.3. The summed E-state index contributed by atoms with van der Waals surface area (Å²) in [5.74, 6) is 0.928. The van der Waals surface area contributed by atoms with E-state index in [1.54, 1.807) is 0 Å². The van der Waals surface area contributed by atoms with Crippen LogP contribution in [0.2, 0.25) is 0 Å². The fraction of sp³-hybridized carbons (Fsp3) is 0.500. The normalized spacial score (nSPS) is 12.6. The van der Waals surface area contributed by atoms with Crippen molar-refractivity contribution in [2.24, 2.45) is 0 Å². The van der Waals surface area contributed by atoms with Crippen molar-refractivity contribution in [3.05, 3.63) is 54.4 Å². The number of nitrogens with zero attached hydrogens (tertiary/aromatic N) is 3. The topological polar surface area (TPSA) is 29.8 Å². The van der Waals surface area contributed by atoms with E-state index in [-0.39, 0.29) is 6.23 Å². The Bertz CT molecular complexity index is 910. The predicted molar refractivity (Wildman–Crippen MR) is 126 cm³/mol. The Morgan fingerprint density at radius 2 is 1.77 bits per heavy atom. The third-order valence-electron chi connectivity index (χ3n) is 5.62. The minimum Gasteiger partial charge on any atom is -0.475 e. The van der Waals surface area contributed by atoms with Crippen molar-refractivity contribution in [1.29, 1.82) is 0 Å². The van der Waals surface area contributed by atoms with Crippen molar-refractivity contribution in [1.82, 2.24) is 14.3 Å². The molecule has 4 heteroatoms. The lowest BCUT2D eigenvalue weighted by Gasteiger charge is -2.32. The van der Waals surface area contributed by atoms with Crippen molar-refractivity contribution in [3.63, 3.8) is 0 Å². The summed E-state index contributed by atoms with van der Waals surface area (Å²) < 4.78 is 8.66. The van der Waals surface area contributed by atoms with Crippen LogP contribution < -0.4 is 4.74 Å². The van der Waals surface area contributed by atoms with E-state index >= 15 is 0 Å². The minimum atomic E-state index is 0.131. The lowest BCUT2D eigenvalue weighted by atomic mass is 10.1. The number of pyridine rings is 1. The van der Waals surface area contributed by atoms with Crippen LogP contribution >= 0.6 is 0 Å². The zero-order valence-electron chi connectivity index (χ0n) is 19.1. The lowest BCUT2D eigenvalue weighted by Crippen LogP contribution is -2.40. The number of hydrogen-bond acceptors (Lipinski definition) is 3. The molecular weight excluding hydrogens is 370 g/mol. The molecular formula is C26H37N3O. The third-order valence-corrected chi connectivity index (χ3v) is 5.62. The van der Waals surface area contributed by atoms with E-state index in [2.05, 4.69) is 85.8 Å². The molecule has 4 nitrogen and oxygen atoms in total. The van der Waals surface area contributed by atoms with E-state index < -0.39 is 0 Å². The fourth-order valence-electron chi connectivity index (χ4n) is 3.86. The third kappa shape index (κ3) is 5.63. The van der Waals surface area contributed by atoms with Gasteiger partial charge in [0.1, 0.15) is 11.4 Å². The van der Waals surface area contributed by atoms with Gasteiger partial charge < -0.3 is 9.14 Å². The van der Waals surface area contributed by atoms with Crippen LogP contribution in [0.25, 0.3) is 16.9 Å². The van der Waals surface area contributed by atoms with Crippen LogP contribution in [0.4, 0.5) is 0 Å². The molecule has 0 spiro atoms. The molecule has 0 bridgehead atoms. The molecule has 0 aliphatic rings. The van der Waals surface area contributed by atoms with Crippen LogP contribution in [0.1, 0.15) is 64.9 Å². The van der Waals surface area contributed by atoms with Gasteiger partial charge in [0.05, 0.1) is 5.69 Å². The minimum absolute atomic E-state index is 0.131. The van der Waals surface area contributed by atoms with Gasteiger partial charge in [0.2, 0.25) is 0 Å². The van der Waals surface area contributed by atoms with Crippen LogP contribution in [0, 0.1) is 6.92 Å². The predicted octanol–water partition coefficient (Wildman–Crippen LogP) is 6.72. The second-order valence-electron chi connectivity index (χ2n) is 8.18. The monoisotopic (exact) mass is 407 g/mol. The summed E-state index contributed by atoms with van der Waals surface area (Å²) in [7, 11) is 0. The number of hydrogen-bond donors (Lipinski definition) is 0. The van der Waals surface area contributed by atoms with Crippen molar-refractivity contribution in [2.75, 3.05) is 13.1 Å². The molecule has 0 fully saturated rings. The maximum absolute atomic E-state index is 6.56. The number of benzene rings is 1. The molecule has 30 heavy (non-hydrogen) atoms. The summed E-state index contributed by atoms with van der Waals surface area (Å²) in [4.78, 5) is 7.39. The summed E-state index contributed by atoms with van der Waals surface area (Å²) in [6.45, 7) is 11.1. The molecule has 1 unspecified atom stereocenters. The molecule has 0 radical (unpaired) electrons. The van der Waals surface area contributed by atoms with E-state index in [1.165, 1.54) is 31.2 Å². The van der Waals surface area contributed by atoms with Crippen LogP contribution in [0.3, 0.4) is 0 Å². The maximum Gasteiger partial charge on any atom is 0.152 e. The molecule has 3 aromatic rings. The second kappa shape index (κ2) is 11.2. The molecule has 162 valence electrons. The van der Waals surface area contributed by atoms with Gasteiger partial charge in [0.15, 0.2) is 6.23 Å². The van der Waals surface area contributed by atoms with Gasteiger partial charge in [-0.25, -0.2) is 4.98 Å². The fourth-order valence-corrected chi connectivity index (χ4v) is 3.86. The Morgan fingerprint density at radius 1 is 1.00 bits per heavy atom. The Labute approximate surface area is 181 Å². The Kier molecular flexibility index (Phi) is 8.32. The first-order chi connectivity index (χ1) is 14.7. The van der Waals surface area contributed by atoms with Gasteiger partial charge in [-0.15, -0.1) is 0 Å². The number of aryl methyl sites for hydroxylation is 1. The van der Waals surface area contributed by atoms with Crippen LogP contribution in [-0.2, 0) is 0 Å². The maximum atomic E-state index is 6.56. The van der Waals surface area contributed by atoms with Crippen molar-refractivity contribution >= 4 is 5.65 Å². The molecule has 2 aromatic heterocycles. The molecule has 0 saturated heterocycles. The van der Waals surface area contributed by atoms with Crippen LogP contribution in [-0.4, -0.2) is 33.6 Å². The molecule has 0 aliphatic carbocycles. The number of aromatic nitrogens is 2. The molecule has 2 heterocycles. The van der Waals surface area contributed by atoms with E-state index in [4.69, 9.17) is 9.72 Å². The highest BCUT2D eigenvalue weighted by Crippen LogP contribution is 2.26. The van der Waals surface area contributed by atoms with Gasteiger partial charge in [-0.3, -0.25) is 4.90 Å². The van der Waals surface area contributed by atoms with E-state index in [9.17, 15) is 0 Å². The Morgan fingerprint density at radius 3 is 2.43 bits per heavy atom. The first kappa shape index (κ1) is 22.4. The highest BCUT2D eigenvalue weighted by Gasteiger charge is 2.19. The quantitative estimate of drug-likeness (QED) is 0.312. The SMILES string of the molecule is CCCCN(CCCC)C(CCC)Oc1cccc(-c2cn3cccc(C)c3n2)c1. The Balaban J connectivity index is 1.82. The van der Waals surface area contributed by atoms with Crippen molar-refractivity contribution in [3.8, 4) is 17.0 Å². The molecule has 0 N–H and O–H groups in total. The van der Waals surface area contributed by atoms with Crippen LogP contribution in [0.15, 0.2) is 48.8 Å². The van der Waals surface area contributed by atoms with Gasteiger partial charge in [-0.1, -0.05) is 58.2 Å².